The first kappa shape index (κ1) is 26.0. The number of aromatic nitrogens is 2. The highest BCUT2D eigenvalue weighted by atomic mass is 15.2. The zero-order chi connectivity index (χ0) is 30.9. The van der Waals surface area contributed by atoms with E-state index in [1.165, 1.54) is 66.1 Å². The van der Waals surface area contributed by atoms with E-state index in [1.807, 2.05) is 0 Å². The van der Waals surface area contributed by atoms with Crippen molar-refractivity contribution in [1.29, 1.82) is 0 Å². The highest BCUT2D eigenvalue weighted by molar-refractivity contribution is 6.26. The second-order valence-electron chi connectivity index (χ2n) is 12.2. The number of hydrogen-bond donors (Lipinski definition) is 0. The maximum atomic E-state index is 2.49. The molecule has 0 spiro atoms. The van der Waals surface area contributed by atoms with Gasteiger partial charge >= 0.3 is 0 Å². The van der Waals surface area contributed by atoms with Gasteiger partial charge in [0.25, 0.3) is 0 Å². The van der Waals surface area contributed by atoms with Gasteiger partial charge in [-0.05, 0) is 70.8 Å². The number of fused-ring (bicyclic) bond motifs is 9. The predicted octanol–water partition coefficient (Wildman–Crippen LogP) is 11.9. The van der Waals surface area contributed by atoms with Gasteiger partial charge in [0.05, 0.1) is 27.8 Å². The van der Waals surface area contributed by atoms with Gasteiger partial charge < -0.3 is 4.90 Å². The zero-order valence-corrected chi connectivity index (χ0v) is 25.6. The molecule has 47 heavy (non-hydrogen) atoms. The van der Waals surface area contributed by atoms with Crippen molar-refractivity contribution in [2.24, 2.45) is 0 Å². The minimum atomic E-state index is 1.11. The third kappa shape index (κ3) is 3.81. The summed E-state index contributed by atoms with van der Waals surface area (Å²) in [6.07, 6.45) is 0. The molecular weight excluding hydrogens is 571 g/mol. The lowest BCUT2D eigenvalue weighted by atomic mass is 10.0. The fourth-order valence-corrected chi connectivity index (χ4v) is 7.57. The van der Waals surface area contributed by atoms with Crippen molar-refractivity contribution in [2.45, 2.75) is 0 Å². The summed E-state index contributed by atoms with van der Waals surface area (Å²) < 4.78 is 4.93. The molecule has 3 heterocycles. The minimum Gasteiger partial charge on any atom is -0.308 e. The largest absolute Gasteiger partial charge is 0.308 e. The molecule has 10 aromatic rings. The van der Waals surface area contributed by atoms with Crippen molar-refractivity contribution in [2.75, 3.05) is 4.90 Å². The van der Waals surface area contributed by atoms with Crippen LogP contribution in [0.3, 0.4) is 0 Å². The summed E-state index contributed by atoms with van der Waals surface area (Å²) in [5, 5.41) is 3.84. The maximum absolute atomic E-state index is 2.49. The molecule has 0 atom stereocenters. The Morgan fingerprint density at radius 2 is 0.809 bits per heavy atom. The SMILES string of the molecule is c1ccc(-c2ccc(N(c3ccc(-c4ccccc4)cc3)c3cccc4c5c6ccccc6n6c7ccccc7n(c34)c56)cc2)cc1. The summed E-state index contributed by atoms with van der Waals surface area (Å²) in [5.74, 6) is 0. The van der Waals surface area contributed by atoms with E-state index >= 15 is 0 Å². The van der Waals surface area contributed by atoms with Gasteiger partial charge in [0.2, 0.25) is 0 Å². The number of hydrogen-bond acceptors (Lipinski definition) is 1. The molecule has 0 aliphatic heterocycles. The van der Waals surface area contributed by atoms with Crippen LogP contribution in [0.1, 0.15) is 0 Å². The molecular formula is C44H29N3. The van der Waals surface area contributed by atoms with Crippen LogP contribution in [0.2, 0.25) is 0 Å². The molecule has 0 unspecified atom stereocenters. The highest BCUT2D eigenvalue weighted by Gasteiger charge is 2.26. The summed E-state index contributed by atoms with van der Waals surface area (Å²) in [5.41, 5.74) is 14.3. The molecule has 0 amide bonds. The standard InChI is InChI=1S/C44H29N3/c1-3-12-30(13-4-1)32-22-26-34(27-23-32)45(35-28-24-33(25-29-35)31-14-5-2-6-15-31)41-21-11-17-37-42-36-16-7-8-18-38(36)46-39-19-9-10-20-40(39)47(43(37)41)44(42)46/h1-29H. The molecule has 3 nitrogen and oxygen atoms in total. The smallest absolute Gasteiger partial charge is 0.131 e. The Kier molecular flexibility index (Phi) is 5.57. The average Bonchev–Trinajstić information content (AvgIpc) is 3.78. The molecule has 220 valence electrons. The van der Waals surface area contributed by atoms with Gasteiger partial charge in [0, 0.05) is 27.5 Å². The molecule has 0 saturated carbocycles. The van der Waals surface area contributed by atoms with E-state index in [4.69, 9.17) is 0 Å². The summed E-state index contributed by atoms with van der Waals surface area (Å²) in [6, 6.07) is 63.5. The van der Waals surface area contributed by atoms with E-state index in [2.05, 4.69) is 190 Å². The lowest BCUT2D eigenvalue weighted by Gasteiger charge is -2.27. The predicted molar refractivity (Wildman–Crippen MR) is 198 cm³/mol. The molecule has 0 aliphatic carbocycles. The molecule has 0 saturated heterocycles. The Labute approximate surface area is 272 Å². The summed E-state index contributed by atoms with van der Waals surface area (Å²) in [4.78, 5) is 2.42. The second kappa shape index (κ2) is 10.1. The van der Waals surface area contributed by atoms with Crippen LogP contribution in [0.5, 0.6) is 0 Å². The molecule has 0 radical (unpaired) electrons. The first-order valence-electron chi connectivity index (χ1n) is 16.1. The Bertz CT molecular complexity index is 2610. The monoisotopic (exact) mass is 599 g/mol. The Balaban J connectivity index is 1.26. The number of anilines is 3. The number of para-hydroxylation sites is 4. The molecule has 7 aromatic carbocycles. The number of benzene rings is 7. The quantitative estimate of drug-likeness (QED) is 0.192. The van der Waals surface area contributed by atoms with Crippen molar-refractivity contribution >= 4 is 60.9 Å². The van der Waals surface area contributed by atoms with E-state index in [-0.39, 0.29) is 0 Å². The van der Waals surface area contributed by atoms with E-state index in [9.17, 15) is 0 Å². The minimum absolute atomic E-state index is 1.11. The van der Waals surface area contributed by atoms with Crippen molar-refractivity contribution in [3.63, 3.8) is 0 Å². The van der Waals surface area contributed by atoms with Gasteiger partial charge in [-0.2, -0.15) is 0 Å². The molecule has 0 N–H and O–H groups in total. The van der Waals surface area contributed by atoms with E-state index in [0.29, 0.717) is 0 Å². The number of imidazole rings is 1. The molecule has 0 aliphatic rings. The molecule has 0 fully saturated rings. The van der Waals surface area contributed by atoms with Crippen LogP contribution in [0.15, 0.2) is 176 Å². The van der Waals surface area contributed by atoms with Gasteiger partial charge in [0.1, 0.15) is 5.65 Å². The maximum Gasteiger partial charge on any atom is 0.131 e. The number of rotatable bonds is 5. The third-order valence-electron chi connectivity index (χ3n) is 9.64. The first-order valence-corrected chi connectivity index (χ1v) is 16.1. The highest BCUT2D eigenvalue weighted by Crippen LogP contribution is 2.47. The van der Waals surface area contributed by atoms with Crippen LogP contribution in [-0.4, -0.2) is 8.80 Å². The van der Waals surface area contributed by atoms with Crippen molar-refractivity contribution in [1.82, 2.24) is 8.80 Å². The topological polar surface area (TPSA) is 12.1 Å². The Morgan fingerprint density at radius 3 is 1.40 bits per heavy atom. The second-order valence-corrected chi connectivity index (χ2v) is 12.2. The summed E-state index contributed by atoms with van der Waals surface area (Å²) in [7, 11) is 0. The lowest BCUT2D eigenvalue weighted by molar-refractivity contribution is 1.25. The van der Waals surface area contributed by atoms with Crippen molar-refractivity contribution < 1.29 is 0 Å². The van der Waals surface area contributed by atoms with Crippen molar-refractivity contribution in [3.8, 4) is 22.3 Å². The van der Waals surface area contributed by atoms with Crippen molar-refractivity contribution in [3.05, 3.63) is 176 Å². The summed E-state index contributed by atoms with van der Waals surface area (Å²) >= 11 is 0. The first-order chi connectivity index (χ1) is 23.3. The molecule has 10 rings (SSSR count). The fraction of sp³-hybridized carbons (Fsp3) is 0. The normalized spacial score (nSPS) is 11.8. The Morgan fingerprint density at radius 1 is 0.340 bits per heavy atom. The van der Waals surface area contributed by atoms with E-state index < -0.39 is 0 Å². The van der Waals surface area contributed by atoms with Crippen LogP contribution >= 0.6 is 0 Å². The molecule has 3 heteroatoms. The van der Waals surface area contributed by atoms with Gasteiger partial charge in [-0.3, -0.25) is 8.80 Å². The molecule has 3 aromatic heterocycles. The van der Waals surface area contributed by atoms with Crippen LogP contribution in [0, 0.1) is 0 Å². The van der Waals surface area contributed by atoms with Gasteiger partial charge in [0.15, 0.2) is 0 Å². The molecule has 0 bridgehead atoms. The average molecular weight is 600 g/mol. The summed E-state index contributed by atoms with van der Waals surface area (Å²) in [6.45, 7) is 0. The van der Waals surface area contributed by atoms with Crippen LogP contribution in [0.25, 0.3) is 66.1 Å². The third-order valence-corrected chi connectivity index (χ3v) is 9.64. The number of nitrogens with zero attached hydrogens (tertiary/aromatic N) is 3. The van der Waals surface area contributed by atoms with E-state index in [1.54, 1.807) is 0 Å². The van der Waals surface area contributed by atoms with Gasteiger partial charge in [-0.1, -0.05) is 127 Å². The van der Waals surface area contributed by atoms with Crippen LogP contribution < -0.4 is 4.90 Å². The fourth-order valence-electron chi connectivity index (χ4n) is 7.57. The van der Waals surface area contributed by atoms with Crippen LogP contribution in [-0.2, 0) is 0 Å². The van der Waals surface area contributed by atoms with Gasteiger partial charge in [-0.25, -0.2) is 0 Å². The lowest BCUT2D eigenvalue weighted by Crippen LogP contribution is -2.11. The Hall–Kier alpha value is -6.32. The van der Waals surface area contributed by atoms with Gasteiger partial charge in [-0.15, -0.1) is 0 Å². The van der Waals surface area contributed by atoms with E-state index in [0.717, 1.165) is 17.1 Å². The zero-order valence-electron chi connectivity index (χ0n) is 25.6. The van der Waals surface area contributed by atoms with Crippen LogP contribution in [0.4, 0.5) is 17.1 Å².